The first kappa shape index (κ1) is 10.6. The molecule has 0 saturated heterocycles. The SMILES string of the molecule is C=CCCNCc1ccc(O)c(O)c1. The molecule has 0 aliphatic heterocycles. The van der Waals surface area contributed by atoms with Crippen LogP contribution in [0.3, 0.4) is 0 Å². The zero-order valence-electron chi connectivity index (χ0n) is 8.03. The van der Waals surface area contributed by atoms with Crippen LogP contribution in [0.5, 0.6) is 11.5 Å². The third-order valence-corrected chi connectivity index (χ3v) is 1.89. The van der Waals surface area contributed by atoms with E-state index in [0.717, 1.165) is 18.5 Å². The third kappa shape index (κ3) is 3.11. The van der Waals surface area contributed by atoms with E-state index in [0.29, 0.717) is 6.54 Å². The van der Waals surface area contributed by atoms with Gasteiger partial charge in [-0.15, -0.1) is 6.58 Å². The van der Waals surface area contributed by atoms with Gasteiger partial charge in [0.05, 0.1) is 0 Å². The predicted octanol–water partition coefficient (Wildman–Crippen LogP) is 1.76. The van der Waals surface area contributed by atoms with Crippen molar-refractivity contribution in [1.29, 1.82) is 0 Å². The highest BCUT2D eigenvalue weighted by Gasteiger charge is 1.99. The Morgan fingerprint density at radius 2 is 2.07 bits per heavy atom. The molecule has 0 aliphatic rings. The Hall–Kier alpha value is -1.48. The Labute approximate surface area is 83.7 Å². The first-order valence-corrected chi connectivity index (χ1v) is 4.56. The summed E-state index contributed by atoms with van der Waals surface area (Å²) in [6.45, 7) is 5.17. The molecule has 0 aromatic heterocycles. The standard InChI is InChI=1S/C11H15NO2/c1-2-3-6-12-8-9-4-5-10(13)11(14)7-9/h2,4-5,7,12-14H,1,3,6,8H2. The molecular formula is C11H15NO2. The van der Waals surface area contributed by atoms with Crippen LogP contribution in [0.1, 0.15) is 12.0 Å². The molecule has 1 aromatic rings. The van der Waals surface area contributed by atoms with Crippen molar-refractivity contribution in [1.82, 2.24) is 5.32 Å². The van der Waals surface area contributed by atoms with Crippen LogP contribution in [0.2, 0.25) is 0 Å². The van der Waals surface area contributed by atoms with Crippen molar-refractivity contribution in [2.75, 3.05) is 6.54 Å². The lowest BCUT2D eigenvalue weighted by Gasteiger charge is -2.04. The van der Waals surface area contributed by atoms with Gasteiger partial charge >= 0.3 is 0 Å². The summed E-state index contributed by atoms with van der Waals surface area (Å²) in [6, 6.07) is 4.81. The minimum atomic E-state index is -0.0835. The van der Waals surface area contributed by atoms with Crippen LogP contribution in [-0.2, 0) is 6.54 Å². The number of nitrogens with one attached hydrogen (secondary N) is 1. The lowest BCUT2D eigenvalue weighted by atomic mass is 10.2. The quantitative estimate of drug-likeness (QED) is 0.379. The second-order valence-electron chi connectivity index (χ2n) is 3.08. The van der Waals surface area contributed by atoms with Gasteiger partial charge in [-0.05, 0) is 30.7 Å². The maximum absolute atomic E-state index is 9.21. The first-order chi connectivity index (χ1) is 6.74. The van der Waals surface area contributed by atoms with Crippen molar-refractivity contribution in [3.8, 4) is 11.5 Å². The molecule has 0 radical (unpaired) electrons. The summed E-state index contributed by atoms with van der Waals surface area (Å²) in [5, 5.41) is 21.5. The fourth-order valence-corrected chi connectivity index (χ4v) is 1.12. The minimum absolute atomic E-state index is 0.0759. The average molecular weight is 193 g/mol. The Balaban J connectivity index is 2.43. The molecule has 0 saturated carbocycles. The first-order valence-electron chi connectivity index (χ1n) is 4.56. The van der Waals surface area contributed by atoms with Crippen molar-refractivity contribution in [3.05, 3.63) is 36.4 Å². The molecule has 0 atom stereocenters. The van der Waals surface area contributed by atoms with Crippen LogP contribution in [0, 0.1) is 0 Å². The van der Waals surface area contributed by atoms with Crippen molar-refractivity contribution < 1.29 is 10.2 Å². The monoisotopic (exact) mass is 193 g/mol. The summed E-state index contributed by atoms with van der Waals surface area (Å²) in [5.41, 5.74) is 0.948. The number of aromatic hydroxyl groups is 2. The number of hydrogen-bond donors (Lipinski definition) is 3. The van der Waals surface area contributed by atoms with Crippen molar-refractivity contribution >= 4 is 0 Å². The molecule has 0 aliphatic carbocycles. The third-order valence-electron chi connectivity index (χ3n) is 1.89. The van der Waals surface area contributed by atoms with Gasteiger partial charge in [-0.3, -0.25) is 0 Å². The minimum Gasteiger partial charge on any atom is -0.504 e. The predicted molar refractivity (Wildman–Crippen MR) is 56.3 cm³/mol. The summed E-state index contributed by atoms with van der Waals surface area (Å²) >= 11 is 0. The van der Waals surface area contributed by atoms with E-state index in [9.17, 15) is 5.11 Å². The smallest absolute Gasteiger partial charge is 0.157 e. The van der Waals surface area contributed by atoms with Gasteiger partial charge in [-0.2, -0.15) is 0 Å². The van der Waals surface area contributed by atoms with E-state index in [-0.39, 0.29) is 11.5 Å². The van der Waals surface area contributed by atoms with Crippen LogP contribution in [0.15, 0.2) is 30.9 Å². The van der Waals surface area contributed by atoms with E-state index in [1.165, 1.54) is 6.07 Å². The molecule has 1 rings (SSSR count). The zero-order valence-corrected chi connectivity index (χ0v) is 8.03. The number of phenolic OH excluding ortho intramolecular Hbond substituents is 2. The summed E-state index contributed by atoms with van der Waals surface area (Å²) in [6.07, 6.45) is 2.77. The fraction of sp³-hybridized carbons (Fsp3) is 0.273. The molecule has 0 unspecified atom stereocenters. The van der Waals surface area contributed by atoms with E-state index in [1.54, 1.807) is 12.1 Å². The Bertz CT molecular complexity index is 310. The van der Waals surface area contributed by atoms with Gasteiger partial charge in [0.15, 0.2) is 11.5 Å². The number of hydrogen-bond acceptors (Lipinski definition) is 3. The molecule has 1 aromatic carbocycles. The molecular weight excluding hydrogens is 178 g/mol. The largest absolute Gasteiger partial charge is 0.504 e. The van der Waals surface area contributed by atoms with E-state index in [2.05, 4.69) is 11.9 Å². The summed E-state index contributed by atoms with van der Waals surface area (Å²) in [5.74, 6) is -0.159. The highest BCUT2D eigenvalue weighted by Crippen LogP contribution is 2.24. The van der Waals surface area contributed by atoms with Crippen LogP contribution < -0.4 is 5.32 Å². The van der Waals surface area contributed by atoms with Crippen LogP contribution in [0.25, 0.3) is 0 Å². The van der Waals surface area contributed by atoms with Crippen molar-refractivity contribution in [2.24, 2.45) is 0 Å². The van der Waals surface area contributed by atoms with Crippen LogP contribution in [0.4, 0.5) is 0 Å². The Morgan fingerprint density at radius 1 is 1.29 bits per heavy atom. The van der Waals surface area contributed by atoms with Gasteiger partial charge in [0.1, 0.15) is 0 Å². The fourth-order valence-electron chi connectivity index (χ4n) is 1.12. The maximum atomic E-state index is 9.21. The summed E-state index contributed by atoms with van der Waals surface area (Å²) < 4.78 is 0. The van der Waals surface area contributed by atoms with Crippen molar-refractivity contribution in [2.45, 2.75) is 13.0 Å². The van der Waals surface area contributed by atoms with Gasteiger partial charge < -0.3 is 15.5 Å². The summed E-state index contributed by atoms with van der Waals surface area (Å²) in [4.78, 5) is 0. The second-order valence-corrected chi connectivity index (χ2v) is 3.08. The molecule has 14 heavy (non-hydrogen) atoms. The van der Waals surface area contributed by atoms with E-state index >= 15 is 0 Å². The van der Waals surface area contributed by atoms with E-state index < -0.39 is 0 Å². The Kier molecular flexibility index (Phi) is 4.01. The molecule has 0 fully saturated rings. The molecule has 3 N–H and O–H groups in total. The molecule has 3 nitrogen and oxygen atoms in total. The van der Waals surface area contributed by atoms with Gasteiger partial charge in [0.25, 0.3) is 0 Å². The van der Waals surface area contributed by atoms with Crippen molar-refractivity contribution in [3.63, 3.8) is 0 Å². The Morgan fingerprint density at radius 3 is 2.71 bits per heavy atom. The average Bonchev–Trinajstić information content (AvgIpc) is 2.18. The van der Waals surface area contributed by atoms with Gasteiger partial charge in [0.2, 0.25) is 0 Å². The van der Waals surface area contributed by atoms with Gasteiger partial charge in [-0.1, -0.05) is 12.1 Å². The molecule has 0 bridgehead atoms. The van der Waals surface area contributed by atoms with E-state index in [1.807, 2.05) is 6.08 Å². The second kappa shape index (κ2) is 5.29. The number of benzene rings is 1. The maximum Gasteiger partial charge on any atom is 0.157 e. The van der Waals surface area contributed by atoms with Gasteiger partial charge in [0, 0.05) is 6.54 Å². The van der Waals surface area contributed by atoms with Gasteiger partial charge in [-0.25, -0.2) is 0 Å². The normalized spacial score (nSPS) is 10.0. The molecule has 0 amide bonds. The highest BCUT2D eigenvalue weighted by atomic mass is 16.3. The lowest BCUT2D eigenvalue weighted by Crippen LogP contribution is -2.13. The number of phenols is 2. The van der Waals surface area contributed by atoms with E-state index in [4.69, 9.17) is 5.11 Å². The van der Waals surface area contributed by atoms with Crippen LogP contribution >= 0.6 is 0 Å². The summed E-state index contributed by atoms with van der Waals surface area (Å²) in [7, 11) is 0. The lowest BCUT2D eigenvalue weighted by molar-refractivity contribution is 0.403. The van der Waals surface area contributed by atoms with Crippen LogP contribution in [-0.4, -0.2) is 16.8 Å². The highest BCUT2D eigenvalue weighted by molar-refractivity contribution is 5.40. The number of rotatable bonds is 5. The molecule has 0 spiro atoms. The zero-order chi connectivity index (χ0) is 10.4. The molecule has 76 valence electrons. The topological polar surface area (TPSA) is 52.5 Å². The molecule has 3 heteroatoms. The molecule has 0 heterocycles.